The minimum Gasteiger partial charge on any atom is -0.379 e. The van der Waals surface area contributed by atoms with Crippen molar-refractivity contribution in [1.29, 1.82) is 0 Å². The van der Waals surface area contributed by atoms with Gasteiger partial charge in [-0.3, -0.25) is 0 Å². The standard InChI is InChI=1S/C18H29NO/c1-5-19-17(18(20-4)13(2)3)16-11-9-15(10-12-16)14-7-6-8-14/h9-14,17-19H,5-8H2,1-4H3. The smallest absolute Gasteiger partial charge is 0.0788 e. The highest BCUT2D eigenvalue weighted by atomic mass is 16.5. The summed E-state index contributed by atoms with van der Waals surface area (Å²) >= 11 is 0. The van der Waals surface area contributed by atoms with E-state index < -0.39 is 0 Å². The van der Waals surface area contributed by atoms with Gasteiger partial charge in [-0.1, -0.05) is 51.5 Å². The van der Waals surface area contributed by atoms with Crippen molar-refractivity contribution in [2.24, 2.45) is 5.92 Å². The van der Waals surface area contributed by atoms with E-state index >= 15 is 0 Å². The van der Waals surface area contributed by atoms with Crippen molar-refractivity contribution in [3.05, 3.63) is 35.4 Å². The summed E-state index contributed by atoms with van der Waals surface area (Å²) in [6.07, 6.45) is 4.33. The number of benzene rings is 1. The van der Waals surface area contributed by atoms with Gasteiger partial charge in [0, 0.05) is 7.11 Å². The average molecular weight is 275 g/mol. The molecule has 1 fully saturated rings. The van der Waals surface area contributed by atoms with Crippen molar-refractivity contribution in [2.75, 3.05) is 13.7 Å². The third-order valence-electron chi connectivity index (χ3n) is 4.55. The second-order valence-electron chi connectivity index (χ2n) is 6.27. The predicted octanol–water partition coefficient (Wildman–Crippen LogP) is 4.28. The van der Waals surface area contributed by atoms with Gasteiger partial charge in [-0.2, -0.15) is 0 Å². The first-order valence-corrected chi connectivity index (χ1v) is 8.03. The summed E-state index contributed by atoms with van der Waals surface area (Å²) in [4.78, 5) is 0. The van der Waals surface area contributed by atoms with Crippen LogP contribution in [-0.4, -0.2) is 19.8 Å². The minimum atomic E-state index is 0.213. The molecule has 2 rings (SSSR count). The Morgan fingerprint density at radius 3 is 2.25 bits per heavy atom. The van der Waals surface area contributed by atoms with E-state index in [2.05, 4.69) is 50.4 Å². The first kappa shape index (κ1) is 15.5. The van der Waals surface area contributed by atoms with Crippen LogP contribution in [0.2, 0.25) is 0 Å². The van der Waals surface area contributed by atoms with Crippen LogP contribution >= 0.6 is 0 Å². The fourth-order valence-corrected chi connectivity index (χ4v) is 3.15. The molecule has 2 unspecified atom stereocenters. The van der Waals surface area contributed by atoms with E-state index in [1.807, 2.05) is 7.11 Å². The lowest BCUT2D eigenvalue weighted by atomic mass is 9.79. The number of nitrogens with one attached hydrogen (secondary N) is 1. The molecule has 2 nitrogen and oxygen atoms in total. The molecule has 1 N–H and O–H groups in total. The fraction of sp³-hybridized carbons (Fsp3) is 0.667. The summed E-state index contributed by atoms with van der Waals surface area (Å²) in [5, 5.41) is 3.58. The molecule has 0 aromatic heterocycles. The lowest BCUT2D eigenvalue weighted by Gasteiger charge is -2.31. The van der Waals surface area contributed by atoms with Gasteiger partial charge in [-0.25, -0.2) is 0 Å². The molecular formula is C18H29NO. The quantitative estimate of drug-likeness (QED) is 0.802. The van der Waals surface area contributed by atoms with Gasteiger partial charge in [0.1, 0.15) is 0 Å². The van der Waals surface area contributed by atoms with Crippen molar-refractivity contribution >= 4 is 0 Å². The zero-order valence-corrected chi connectivity index (χ0v) is 13.4. The Hall–Kier alpha value is -0.860. The largest absolute Gasteiger partial charge is 0.379 e. The molecule has 0 bridgehead atoms. The van der Waals surface area contributed by atoms with Crippen LogP contribution in [0, 0.1) is 5.92 Å². The van der Waals surface area contributed by atoms with Gasteiger partial charge in [0.05, 0.1) is 12.1 Å². The van der Waals surface area contributed by atoms with E-state index in [1.54, 1.807) is 0 Å². The summed E-state index contributed by atoms with van der Waals surface area (Å²) in [6.45, 7) is 7.56. The van der Waals surface area contributed by atoms with Gasteiger partial charge in [0.25, 0.3) is 0 Å². The molecule has 1 aliphatic rings. The lowest BCUT2D eigenvalue weighted by molar-refractivity contribution is 0.0331. The van der Waals surface area contributed by atoms with Crippen LogP contribution in [0.15, 0.2) is 24.3 Å². The second-order valence-corrected chi connectivity index (χ2v) is 6.27. The van der Waals surface area contributed by atoms with E-state index in [9.17, 15) is 0 Å². The Balaban J connectivity index is 2.15. The highest BCUT2D eigenvalue weighted by Gasteiger charge is 2.26. The Morgan fingerprint density at radius 2 is 1.85 bits per heavy atom. The molecule has 0 heterocycles. The summed E-state index contributed by atoms with van der Waals surface area (Å²) in [7, 11) is 1.82. The molecule has 0 spiro atoms. The van der Waals surface area contributed by atoms with E-state index in [-0.39, 0.29) is 12.1 Å². The molecular weight excluding hydrogens is 246 g/mol. The molecule has 1 saturated carbocycles. The Bertz CT molecular complexity index is 394. The van der Waals surface area contributed by atoms with E-state index in [0.29, 0.717) is 5.92 Å². The number of likely N-dealkylation sites (N-methyl/N-ethyl adjacent to an activating group) is 1. The number of ether oxygens (including phenoxy) is 1. The maximum atomic E-state index is 5.73. The summed E-state index contributed by atoms with van der Waals surface area (Å²) in [5.41, 5.74) is 2.85. The van der Waals surface area contributed by atoms with Crippen LogP contribution in [-0.2, 0) is 4.74 Å². The molecule has 2 atom stereocenters. The highest BCUT2D eigenvalue weighted by molar-refractivity contribution is 5.29. The van der Waals surface area contributed by atoms with Crippen molar-refractivity contribution < 1.29 is 4.74 Å². The van der Waals surface area contributed by atoms with Gasteiger partial charge in [-0.05, 0) is 42.3 Å². The third kappa shape index (κ3) is 3.42. The molecule has 0 aliphatic heterocycles. The molecule has 0 amide bonds. The molecule has 1 aromatic rings. The lowest BCUT2D eigenvalue weighted by Crippen LogP contribution is -2.36. The zero-order chi connectivity index (χ0) is 14.5. The van der Waals surface area contributed by atoms with Crippen LogP contribution in [0.5, 0.6) is 0 Å². The minimum absolute atomic E-state index is 0.213. The van der Waals surface area contributed by atoms with Crippen LogP contribution in [0.3, 0.4) is 0 Å². The van der Waals surface area contributed by atoms with E-state index in [4.69, 9.17) is 4.74 Å². The average Bonchev–Trinajstić information content (AvgIpc) is 2.37. The van der Waals surface area contributed by atoms with Crippen molar-refractivity contribution in [1.82, 2.24) is 5.32 Å². The number of hydrogen-bond acceptors (Lipinski definition) is 2. The molecule has 20 heavy (non-hydrogen) atoms. The Morgan fingerprint density at radius 1 is 1.20 bits per heavy atom. The number of methoxy groups -OCH3 is 1. The third-order valence-corrected chi connectivity index (χ3v) is 4.55. The Kier molecular flexibility index (Phi) is 5.62. The first-order chi connectivity index (χ1) is 9.67. The number of hydrogen-bond donors (Lipinski definition) is 1. The molecule has 0 saturated heterocycles. The SMILES string of the molecule is CCNC(c1ccc(C2CCC2)cc1)C(OC)C(C)C. The van der Waals surface area contributed by atoms with Crippen LogP contribution in [0.25, 0.3) is 0 Å². The molecule has 0 radical (unpaired) electrons. The highest BCUT2D eigenvalue weighted by Crippen LogP contribution is 2.36. The summed E-state index contributed by atoms with van der Waals surface area (Å²) in [5.74, 6) is 1.31. The van der Waals surface area contributed by atoms with Gasteiger partial charge in [0.15, 0.2) is 0 Å². The van der Waals surface area contributed by atoms with Crippen LogP contribution in [0.1, 0.15) is 63.1 Å². The molecule has 1 aliphatic carbocycles. The topological polar surface area (TPSA) is 21.3 Å². The van der Waals surface area contributed by atoms with Crippen molar-refractivity contribution in [3.63, 3.8) is 0 Å². The monoisotopic (exact) mass is 275 g/mol. The molecule has 2 heteroatoms. The van der Waals surface area contributed by atoms with Crippen molar-refractivity contribution in [2.45, 2.75) is 58.1 Å². The van der Waals surface area contributed by atoms with Gasteiger partial charge in [0.2, 0.25) is 0 Å². The maximum Gasteiger partial charge on any atom is 0.0788 e. The maximum absolute atomic E-state index is 5.73. The van der Waals surface area contributed by atoms with Crippen LogP contribution in [0.4, 0.5) is 0 Å². The summed E-state index contributed by atoms with van der Waals surface area (Å²) in [6, 6.07) is 9.48. The summed E-state index contributed by atoms with van der Waals surface area (Å²) < 4.78 is 5.73. The van der Waals surface area contributed by atoms with Crippen LogP contribution < -0.4 is 5.32 Å². The second kappa shape index (κ2) is 7.24. The normalized spacial score (nSPS) is 18.9. The predicted molar refractivity (Wildman–Crippen MR) is 85.1 cm³/mol. The fourth-order valence-electron chi connectivity index (χ4n) is 3.15. The zero-order valence-electron chi connectivity index (χ0n) is 13.4. The Labute approximate surface area is 123 Å². The number of rotatable bonds is 7. The van der Waals surface area contributed by atoms with Gasteiger partial charge >= 0.3 is 0 Å². The first-order valence-electron chi connectivity index (χ1n) is 8.03. The van der Waals surface area contributed by atoms with E-state index in [0.717, 1.165) is 12.5 Å². The van der Waals surface area contributed by atoms with Gasteiger partial charge in [-0.15, -0.1) is 0 Å². The molecule has 1 aromatic carbocycles. The van der Waals surface area contributed by atoms with E-state index in [1.165, 1.54) is 30.4 Å². The molecule has 112 valence electrons. The van der Waals surface area contributed by atoms with Crippen molar-refractivity contribution in [3.8, 4) is 0 Å². The van der Waals surface area contributed by atoms with Gasteiger partial charge < -0.3 is 10.1 Å².